The number of carbonyl (C=O) groups excluding carboxylic acids is 2. The molecule has 1 aliphatic heterocycles. The second kappa shape index (κ2) is 11.1. The van der Waals surface area contributed by atoms with Gasteiger partial charge in [-0.3, -0.25) is 23.9 Å². The fourth-order valence-electron chi connectivity index (χ4n) is 4.18. The van der Waals surface area contributed by atoms with E-state index >= 15 is 0 Å². The molecule has 0 aliphatic carbocycles. The van der Waals surface area contributed by atoms with Gasteiger partial charge >= 0.3 is 0 Å². The number of thiophene rings is 1. The van der Waals surface area contributed by atoms with Crippen molar-refractivity contribution >= 4 is 40.4 Å². The highest BCUT2D eigenvalue weighted by Gasteiger charge is 2.34. The SMILES string of the molecule is O=C(CN1CC(CCO)C(NC(=O)c2ccc(Cl)s2)C1)Nc1ccc(-n2ccccc2=O)cc1F. The van der Waals surface area contributed by atoms with Crippen molar-refractivity contribution in [1.82, 2.24) is 14.8 Å². The average Bonchev–Trinajstić information content (AvgIpc) is 3.41. The maximum atomic E-state index is 14.6. The van der Waals surface area contributed by atoms with Crippen LogP contribution in [0.25, 0.3) is 5.69 Å². The van der Waals surface area contributed by atoms with Gasteiger partial charge in [-0.15, -0.1) is 11.3 Å². The molecular formula is C24H24ClFN4O4S. The molecule has 0 saturated carbocycles. The zero-order chi connectivity index (χ0) is 24.9. The van der Waals surface area contributed by atoms with E-state index in [2.05, 4.69) is 10.6 Å². The summed E-state index contributed by atoms with van der Waals surface area (Å²) >= 11 is 7.10. The summed E-state index contributed by atoms with van der Waals surface area (Å²) in [5, 5.41) is 15.0. The number of hydrogen-bond donors (Lipinski definition) is 3. The number of hydrogen-bond acceptors (Lipinski definition) is 6. The van der Waals surface area contributed by atoms with Gasteiger partial charge in [-0.25, -0.2) is 4.39 Å². The first kappa shape index (κ1) is 25.1. The van der Waals surface area contributed by atoms with Crippen molar-refractivity contribution in [3.05, 3.63) is 80.1 Å². The first-order chi connectivity index (χ1) is 16.8. The lowest BCUT2D eigenvalue weighted by atomic mass is 10.0. The van der Waals surface area contributed by atoms with E-state index in [9.17, 15) is 23.9 Å². The second-order valence-electron chi connectivity index (χ2n) is 8.27. The van der Waals surface area contributed by atoms with Gasteiger partial charge < -0.3 is 15.7 Å². The Morgan fingerprint density at radius 1 is 1.17 bits per heavy atom. The van der Waals surface area contributed by atoms with Crippen LogP contribution in [0.4, 0.5) is 10.1 Å². The van der Waals surface area contributed by atoms with Gasteiger partial charge in [0.1, 0.15) is 5.82 Å². The van der Waals surface area contributed by atoms with E-state index in [1.807, 2.05) is 4.90 Å². The summed E-state index contributed by atoms with van der Waals surface area (Å²) in [4.78, 5) is 39.5. The Morgan fingerprint density at radius 2 is 2.00 bits per heavy atom. The molecule has 3 heterocycles. The summed E-state index contributed by atoms with van der Waals surface area (Å²) in [5.74, 6) is -1.35. The molecule has 2 amide bonds. The fraction of sp³-hybridized carbons (Fsp3) is 0.292. The topological polar surface area (TPSA) is 104 Å². The first-order valence-corrected chi connectivity index (χ1v) is 12.2. The van der Waals surface area contributed by atoms with Crippen LogP contribution in [0.3, 0.4) is 0 Å². The smallest absolute Gasteiger partial charge is 0.261 e. The third-order valence-corrected chi connectivity index (χ3v) is 7.05. The highest BCUT2D eigenvalue weighted by molar-refractivity contribution is 7.18. The number of nitrogens with zero attached hydrogens (tertiary/aromatic N) is 2. The van der Waals surface area contributed by atoms with E-state index in [0.29, 0.717) is 34.4 Å². The van der Waals surface area contributed by atoms with Crippen LogP contribution in [-0.4, -0.2) is 58.7 Å². The number of benzene rings is 1. The fourth-order valence-corrected chi connectivity index (χ4v) is 5.12. The molecule has 2 atom stereocenters. The van der Waals surface area contributed by atoms with E-state index in [4.69, 9.17) is 11.6 Å². The summed E-state index contributed by atoms with van der Waals surface area (Å²) in [6, 6.07) is 11.8. The number of likely N-dealkylation sites (tertiary alicyclic amines) is 1. The zero-order valence-electron chi connectivity index (χ0n) is 18.6. The van der Waals surface area contributed by atoms with Crippen molar-refractivity contribution in [2.45, 2.75) is 12.5 Å². The van der Waals surface area contributed by atoms with E-state index in [1.165, 1.54) is 40.3 Å². The Balaban J connectivity index is 1.37. The molecule has 2 unspecified atom stereocenters. The highest BCUT2D eigenvalue weighted by Crippen LogP contribution is 2.24. The zero-order valence-corrected chi connectivity index (χ0v) is 20.2. The standard InChI is InChI=1S/C24H24ClFN4O4S/c25-21-7-6-20(35-21)24(34)28-19-13-29(12-15(19)8-10-31)14-22(32)27-18-5-4-16(11-17(18)26)30-9-2-1-3-23(30)33/h1-7,9,11,15,19,31H,8,10,12-14H2,(H,27,32)(H,28,34). The van der Waals surface area contributed by atoms with Crippen molar-refractivity contribution < 1.29 is 19.1 Å². The molecule has 0 bridgehead atoms. The molecule has 2 aromatic heterocycles. The number of pyridine rings is 1. The van der Waals surface area contributed by atoms with Crippen LogP contribution in [0.15, 0.2) is 59.5 Å². The van der Waals surface area contributed by atoms with Gasteiger partial charge in [-0.05, 0) is 42.7 Å². The number of aromatic nitrogens is 1. The van der Waals surface area contributed by atoms with E-state index in [1.54, 1.807) is 30.3 Å². The lowest BCUT2D eigenvalue weighted by Gasteiger charge is -2.18. The van der Waals surface area contributed by atoms with E-state index in [0.717, 1.165) is 0 Å². The van der Waals surface area contributed by atoms with Crippen LogP contribution in [0.1, 0.15) is 16.1 Å². The molecule has 1 aromatic carbocycles. The molecule has 1 saturated heterocycles. The predicted octanol–water partition coefficient (Wildman–Crippen LogP) is 2.74. The quantitative estimate of drug-likeness (QED) is 0.425. The van der Waals surface area contributed by atoms with Crippen molar-refractivity contribution in [2.24, 2.45) is 5.92 Å². The largest absolute Gasteiger partial charge is 0.396 e. The predicted molar refractivity (Wildman–Crippen MR) is 133 cm³/mol. The summed E-state index contributed by atoms with van der Waals surface area (Å²) in [6.45, 7) is 0.881. The minimum Gasteiger partial charge on any atom is -0.396 e. The number of anilines is 1. The third kappa shape index (κ3) is 6.15. The molecule has 1 aliphatic rings. The minimum atomic E-state index is -0.661. The molecule has 3 aromatic rings. The monoisotopic (exact) mass is 518 g/mol. The molecule has 8 nitrogen and oxygen atoms in total. The highest BCUT2D eigenvalue weighted by atomic mass is 35.5. The van der Waals surface area contributed by atoms with Gasteiger partial charge in [-0.2, -0.15) is 0 Å². The Labute approximate surface area is 210 Å². The Morgan fingerprint density at radius 3 is 2.69 bits per heavy atom. The average molecular weight is 519 g/mol. The molecule has 0 spiro atoms. The Bertz CT molecular complexity index is 1280. The van der Waals surface area contributed by atoms with Crippen LogP contribution >= 0.6 is 22.9 Å². The molecule has 1 fully saturated rings. The van der Waals surface area contributed by atoms with E-state index in [-0.39, 0.29) is 42.3 Å². The van der Waals surface area contributed by atoms with E-state index < -0.39 is 11.7 Å². The normalized spacial score (nSPS) is 17.9. The van der Waals surface area contributed by atoms with Gasteiger partial charge in [0, 0.05) is 44.1 Å². The van der Waals surface area contributed by atoms with Gasteiger partial charge in [-0.1, -0.05) is 17.7 Å². The number of carbonyl (C=O) groups is 2. The number of halogens is 2. The van der Waals surface area contributed by atoms with Crippen molar-refractivity contribution in [3.8, 4) is 5.69 Å². The second-order valence-corrected chi connectivity index (χ2v) is 9.99. The van der Waals surface area contributed by atoms with Crippen molar-refractivity contribution in [2.75, 3.05) is 31.6 Å². The van der Waals surface area contributed by atoms with Crippen LogP contribution < -0.4 is 16.2 Å². The molecule has 35 heavy (non-hydrogen) atoms. The van der Waals surface area contributed by atoms with Crippen LogP contribution in [-0.2, 0) is 4.79 Å². The molecule has 184 valence electrons. The summed E-state index contributed by atoms with van der Waals surface area (Å²) in [5.41, 5.74) is 0.0651. The van der Waals surface area contributed by atoms with Crippen LogP contribution in [0.2, 0.25) is 4.34 Å². The number of aliphatic hydroxyl groups is 1. The number of rotatable bonds is 8. The molecule has 11 heteroatoms. The molecule has 0 radical (unpaired) electrons. The molecule has 4 rings (SSSR count). The Kier molecular flexibility index (Phi) is 7.97. The lowest BCUT2D eigenvalue weighted by molar-refractivity contribution is -0.117. The Hall–Kier alpha value is -3.05. The molecule has 3 N–H and O–H groups in total. The molecular weight excluding hydrogens is 495 g/mol. The number of amides is 2. The summed E-state index contributed by atoms with van der Waals surface area (Å²) < 4.78 is 16.5. The van der Waals surface area contributed by atoms with Gasteiger partial charge in [0.15, 0.2) is 0 Å². The van der Waals surface area contributed by atoms with Crippen LogP contribution in [0.5, 0.6) is 0 Å². The van der Waals surface area contributed by atoms with Gasteiger partial charge in [0.05, 0.1) is 27.1 Å². The van der Waals surface area contributed by atoms with Crippen LogP contribution in [0, 0.1) is 11.7 Å². The number of aliphatic hydroxyl groups excluding tert-OH is 1. The maximum absolute atomic E-state index is 14.6. The summed E-state index contributed by atoms with van der Waals surface area (Å²) in [6.07, 6.45) is 2.01. The minimum absolute atomic E-state index is 0.00152. The van der Waals surface area contributed by atoms with Crippen molar-refractivity contribution in [1.29, 1.82) is 0 Å². The number of nitrogens with one attached hydrogen (secondary N) is 2. The maximum Gasteiger partial charge on any atom is 0.261 e. The van der Waals surface area contributed by atoms with Gasteiger partial charge in [0.2, 0.25) is 5.91 Å². The van der Waals surface area contributed by atoms with Crippen molar-refractivity contribution in [3.63, 3.8) is 0 Å². The summed E-state index contributed by atoms with van der Waals surface area (Å²) in [7, 11) is 0. The third-order valence-electron chi connectivity index (χ3n) is 5.82. The van der Waals surface area contributed by atoms with Gasteiger partial charge in [0.25, 0.3) is 11.5 Å². The first-order valence-electron chi connectivity index (χ1n) is 11.0. The lowest BCUT2D eigenvalue weighted by Crippen LogP contribution is -2.41.